The monoisotopic (exact) mass is 270 g/mol. The summed E-state index contributed by atoms with van der Waals surface area (Å²) < 4.78 is 4.83. The van der Waals surface area contributed by atoms with Crippen molar-refractivity contribution >= 4 is 23.3 Å². The molecule has 0 amide bonds. The highest BCUT2D eigenvalue weighted by molar-refractivity contribution is 6.31. The van der Waals surface area contributed by atoms with Gasteiger partial charge >= 0.3 is 5.97 Å². The van der Waals surface area contributed by atoms with Crippen LogP contribution in [0.25, 0.3) is 0 Å². The second kappa shape index (κ2) is 7.24. The third-order valence-corrected chi connectivity index (χ3v) is 2.63. The van der Waals surface area contributed by atoms with Crippen molar-refractivity contribution in [1.82, 2.24) is 4.90 Å². The first kappa shape index (κ1) is 14.8. The molecule has 0 aliphatic rings. The normalized spacial score (nSPS) is 10.5. The second-order valence-corrected chi connectivity index (χ2v) is 4.61. The maximum Gasteiger partial charge on any atom is 0.325 e. The zero-order chi connectivity index (χ0) is 13.5. The molecule has 18 heavy (non-hydrogen) atoms. The van der Waals surface area contributed by atoms with Gasteiger partial charge in [-0.1, -0.05) is 17.7 Å². The molecule has 100 valence electrons. The lowest BCUT2D eigenvalue weighted by Gasteiger charge is -2.13. The van der Waals surface area contributed by atoms with Gasteiger partial charge in [-0.3, -0.25) is 4.79 Å². The van der Waals surface area contributed by atoms with Gasteiger partial charge in [-0.15, -0.1) is 0 Å². The van der Waals surface area contributed by atoms with Gasteiger partial charge in [0.25, 0.3) is 0 Å². The Bertz CT molecular complexity index is 408. The third-order valence-electron chi connectivity index (χ3n) is 2.28. The van der Waals surface area contributed by atoms with Crippen LogP contribution in [0, 0.1) is 0 Å². The van der Waals surface area contributed by atoms with Crippen LogP contribution >= 0.6 is 11.6 Å². The fourth-order valence-electron chi connectivity index (χ4n) is 1.51. The number of nitrogens with zero attached hydrogens (tertiary/aromatic N) is 1. The summed E-state index contributed by atoms with van der Waals surface area (Å²) in [4.78, 5) is 13.2. The van der Waals surface area contributed by atoms with E-state index in [4.69, 9.17) is 16.3 Å². The quantitative estimate of drug-likeness (QED) is 0.806. The standard InChI is InChI=1S/C13H19ClN2O2/c1-4-18-13(17)8-15-11-6-5-10(9-16(2)3)12(14)7-11/h5-7,15H,4,8-9H2,1-3H3. The summed E-state index contributed by atoms with van der Waals surface area (Å²) >= 11 is 6.17. The van der Waals surface area contributed by atoms with E-state index in [0.717, 1.165) is 17.8 Å². The van der Waals surface area contributed by atoms with Crippen molar-refractivity contribution in [3.63, 3.8) is 0 Å². The SMILES string of the molecule is CCOC(=O)CNc1ccc(CN(C)C)c(Cl)c1. The third kappa shape index (κ3) is 4.94. The zero-order valence-corrected chi connectivity index (χ0v) is 11.8. The average molecular weight is 271 g/mol. The van der Waals surface area contributed by atoms with E-state index in [1.165, 1.54) is 0 Å². The Kier molecular flexibility index (Phi) is 5.95. The first-order valence-electron chi connectivity index (χ1n) is 5.85. The van der Waals surface area contributed by atoms with Gasteiger partial charge in [-0.2, -0.15) is 0 Å². The summed E-state index contributed by atoms with van der Waals surface area (Å²) in [6.45, 7) is 3.11. The van der Waals surface area contributed by atoms with E-state index >= 15 is 0 Å². The molecule has 1 aromatic carbocycles. The minimum atomic E-state index is -0.272. The molecule has 0 atom stereocenters. The van der Waals surface area contributed by atoms with E-state index in [2.05, 4.69) is 5.32 Å². The Balaban J connectivity index is 2.58. The van der Waals surface area contributed by atoms with Crippen LogP contribution in [0.15, 0.2) is 18.2 Å². The van der Waals surface area contributed by atoms with Gasteiger partial charge in [0.15, 0.2) is 0 Å². The van der Waals surface area contributed by atoms with Crippen LogP contribution in [0.3, 0.4) is 0 Å². The number of ether oxygens (including phenoxy) is 1. The number of anilines is 1. The fraction of sp³-hybridized carbons (Fsp3) is 0.462. The van der Waals surface area contributed by atoms with Gasteiger partial charge in [0, 0.05) is 17.3 Å². The van der Waals surface area contributed by atoms with E-state index in [9.17, 15) is 4.79 Å². The Labute approximate surface area is 113 Å². The van der Waals surface area contributed by atoms with E-state index in [-0.39, 0.29) is 12.5 Å². The van der Waals surface area contributed by atoms with Gasteiger partial charge in [-0.25, -0.2) is 0 Å². The molecule has 0 aromatic heterocycles. The topological polar surface area (TPSA) is 41.6 Å². The molecular formula is C13H19ClN2O2. The number of rotatable bonds is 6. The predicted molar refractivity (Wildman–Crippen MR) is 74.0 cm³/mol. The lowest BCUT2D eigenvalue weighted by Crippen LogP contribution is -2.16. The summed E-state index contributed by atoms with van der Waals surface area (Å²) in [5, 5.41) is 3.67. The van der Waals surface area contributed by atoms with Crippen molar-refractivity contribution in [3.05, 3.63) is 28.8 Å². The molecular weight excluding hydrogens is 252 g/mol. The second-order valence-electron chi connectivity index (χ2n) is 4.20. The maximum atomic E-state index is 11.2. The molecule has 0 fully saturated rings. The highest BCUT2D eigenvalue weighted by Gasteiger charge is 2.05. The average Bonchev–Trinajstić information content (AvgIpc) is 2.29. The van der Waals surface area contributed by atoms with Crippen LogP contribution < -0.4 is 5.32 Å². The predicted octanol–water partition coefficient (Wildman–Crippen LogP) is 2.38. The minimum Gasteiger partial charge on any atom is -0.465 e. The van der Waals surface area contributed by atoms with Crippen LogP contribution in [0.1, 0.15) is 12.5 Å². The first-order valence-corrected chi connectivity index (χ1v) is 6.23. The minimum absolute atomic E-state index is 0.150. The van der Waals surface area contributed by atoms with Crippen LogP contribution in [0.2, 0.25) is 5.02 Å². The smallest absolute Gasteiger partial charge is 0.325 e. The van der Waals surface area contributed by atoms with Crippen molar-refractivity contribution in [2.75, 3.05) is 32.6 Å². The highest BCUT2D eigenvalue weighted by atomic mass is 35.5. The van der Waals surface area contributed by atoms with Crippen molar-refractivity contribution in [2.45, 2.75) is 13.5 Å². The van der Waals surface area contributed by atoms with Gasteiger partial charge in [0.1, 0.15) is 6.54 Å². The molecule has 1 N–H and O–H groups in total. The Hall–Kier alpha value is -1.26. The molecule has 1 aromatic rings. The number of nitrogens with one attached hydrogen (secondary N) is 1. The Morgan fingerprint density at radius 2 is 2.17 bits per heavy atom. The fourth-order valence-corrected chi connectivity index (χ4v) is 1.75. The molecule has 0 saturated carbocycles. The summed E-state index contributed by atoms with van der Waals surface area (Å²) in [6.07, 6.45) is 0. The largest absolute Gasteiger partial charge is 0.465 e. The summed E-state index contributed by atoms with van der Waals surface area (Å²) in [7, 11) is 3.98. The summed E-state index contributed by atoms with van der Waals surface area (Å²) in [5.41, 5.74) is 1.87. The lowest BCUT2D eigenvalue weighted by atomic mass is 10.2. The maximum absolute atomic E-state index is 11.2. The first-order chi connectivity index (χ1) is 8.52. The number of hydrogen-bond acceptors (Lipinski definition) is 4. The molecule has 0 aliphatic heterocycles. The van der Waals surface area contributed by atoms with E-state index in [0.29, 0.717) is 11.6 Å². The molecule has 0 spiro atoms. The van der Waals surface area contributed by atoms with Crippen molar-refractivity contribution in [3.8, 4) is 0 Å². The molecule has 4 nitrogen and oxygen atoms in total. The van der Waals surface area contributed by atoms with Crippen LogP contribution in [-0.4, -0.2) is 38.1 Å². The molecule has 0 unspecified atom stereocenters. The number of benzene rings is 1. The van der Waals surface area contributed by atoms with Crippen LogP contribution in [-0.2, 0) is 16.1 Å². The molecule has 0 radical (unpaired) electrons. The van der Waals surface area contributed by atoms with Gasteiger partial charge < -0.3 is 15.0 Å². The Morgan fingerprint density at radius 3 is 2.72 bits per heavy atom. The van der Waals surface area contributed by atoms with Crippen molar-refractivity contribution in [2.24, 2.45) is 0 Å². The summed E-state index contributed by atoms with van der Waals surface area (Å²) in [5.74, 6) is -0.272. The Morgan fingerprint density at radius 1 is 1.44 bits per heavy atom. The highest BCUT2D eigenvalue weighted by Crippen LogP contribution is 2.21. The molecule has 0 aliphatic carbocycles. The lowest BCUT2D eigenvalue weighted by molar-refractivity contribution is -0.140. The van der Waals surface area contributed by atoms with Crippen LogP contribution in [0.5, 0.6) is 0 Å². The molecule has 0 bridgehead atoms. The van der Waals surface area contributed by atoms with Gasteiger partial charge in [0.2, 0.25) is 0 Å². The van der Waals surface area contributed by atoms with E-state index < -0.39 is 0 Å². The molecule has 0 heterocycles. The molecule has 1 rings (SSSR count). The molecule has 0 saturated heterocycles. The van der Waals surface area contributed by atoms with Crippen molar-refractivity contribution in [1.29, 1.82) is 0 Å². The number of halogens is 1. The van der Waals surface area contributed by atoms with E-state index in [1.807, 2.05) is 37.2 Å². The number of hydrogen-bond donors (Lipinski definition) is 1. The van der Waals surface area contributed by atoms with Crippen LogP contribution in [0.4, 0.5) is 5.69 Å². The summed E-state index contributed by atoms with van der Waals surface area (Å²) in [6, 6.07) is 5.68. The number of carbonyl (C=O) groups is 1. The van der Waals surface area contributed by atoms with Gasteiger partial charge in [0.05, 0.1) is 6.61 Å². The number of esters is 1. The number of carbonyl (C=O) groups excluding carboxylic acids is 1. The van der Waals surface area contributed by atoms with Gasteiger partial charge in [-0.05, 0) is 38.7 Å². The van der Waals surface area contributed by atoms with E-state index in [1.54, 1.807) is 6.92 Å². The zero-order valence-electron chi connectivity index (χ0n) is 11.0. The van der Waals surface area contributed by atoms with Crippen molar-refractivity contribution < 1.29 is 9.53 Å². The molecule has 5 heteroatoms.